The topological polar surface area (TPSA) is 52.6 Å². The number of likely N-dealkylation sites (N-methyl/N-ethyl adjacent to an activating group) is 1. The van der Waals surface area contributed by atoms with Crippen molar-refractivity contribution in [3.63, 3.8) is 0 Å². The van der Waals surface area contributed by atoms with Crippen molar-refractivity contribution in [1.29, 1.82) is 0 Å². The van der Waals surface area contributed by atoms with Gasteiger partial charge in [-0.3, -0.25) is 9.59 Å². The standard InChI is InChI=1S/C19H38NO4/c1-9-11-12-20(6,7)13-14-24-17(22)19(5,10-2)15-18(3,4)16(21)23-8/h9-15H2,1-8H3/q+1. The number of hydrogen-bond donors (Lipinski definition) is 0. The third kappa shape index (κ3) is 7.20. The Morgan fingerprint density at radius 1 is 1.00 bits per heavy atom. The van der Waals surface area contributed by atoms with Gasteiger partial charge in [-0.2, -0.15) is 0 Å². The molecule has 0 heterocycles. The normalized spacial score (nSPS) is 14.8. The largest absolute Gasteiger partial charge is 0.469 e. The van der Waals surface area contributed by atoms with Gasteiger partial charge in [0, 0.05) is 0 Å². The van der Waals surface area contributed by atoms with E-state index in [0.717, 1.165) is 24.0 Å². The van der Waals surface area contributed by atoms with Gasteiger partial charge in [0.15, 0.2) is 0 Å². The number of carbonyl (C=O) groups is 2. The molecule has 0 rings (SSSR count). The van der Waals surface area contributed by atoms with Crippen LogP contribution in [0.2, 0.25) is 0 Å². The van der Waals surface area contributed by atoms with Gasteiger partial charge < -0.3 is 14.0 Å². The van der Waals surface area contributed by atoms with Crippen molar-refractivity contribution < 1.29 is 23.5 Å². The number of unbranched alkanes of at least 4 members (excludes halogenated alkanes) is 1. The number of nitrogens with zero attached hydrogens (tertiary/aromatic N) is 1. The summed E-state index contributed by atoms with van der Waals surface area (Å²) in [4.78, 5) is 24.5. The van der Waals surface area contributed by atoms with Gasteiger partial charge in [-0.05, 0) is 40.0 Å². The van der Waals surface area contributed by atoms with Crippen LogP contribution >= 0.6 is 0 Å². The van der Waals surface area contributed by atoms with Crippen molar-refractivity contribution in [2.24, 2.45) is 10.8 Å². The first kappa shape index (κ1) is 22.9. The number of quaternary nitrogens is 1. The summed E-state index contributed by atoms with van der Waals surface area (Å²) in [6.45, 7) is 11.9. The molecule has 24 heavy (non-hydrogen) atoms. The first-order valence-electron chi connectivity index (χ1n) is 9.02. The van der Waals surface area contributed by atoms with Crippen LogP contribution in [0, 0.1) is 10.8 Å². The summed E-state index contributed by atoms with van der Waals surface area (Å²) in [5, 5.41) is 0. The Labute approximate surface area is 148 Å². The van der Waals surface area contributed by atoms with Gasteiger partial charge in [0.25, 0.3) is 0 Å². The highest BCUT2D eigenvalue weighted by atomic mass is 16.5. The second-order valence-corrected chi connectivity index (χ2v) is 8.34. The van der Waals surface area contributed by atoms with Crippen molar-refractivity contribution in [3.8, 4) is 0 Å². The summed E-state index contributed by atoms with van der Waals surface area (Å²) >= 11 is 0. The monoisotopic (exact) mass is 344 g/mol. The smallest absolute Gasteiger partial charge is 0.312 e. The molecule has 0 aliphatic rings. The molecule has 1 unspecified atom stereocenters. The zero-order chi connectivity index (χ0) is 19.0. The fourth-order valence-corrected chi connectivity index (χ4v) is 2.92. The lowest BCUT2D eigenvalue weighted by molar-refractivity contribution is -0.890. The van der Waals surface area contributed by atoms with E-state index in [0.29, 0.717) is 19.4 Å². The highest BCUT2D eigenvalue weighted by Crippen LogP contribution is 2.38. The van der Waals surface area contributed by atoms with Crippen molar-refractivity contribution in [1.82, 2.24) is 0 Å². The fraction of sp³-hybridized carbons (Fsp3) is 0.895. The maximum Gasteiger partial charge on any atom is 0.312 e. The minimum Gasteiger partial charge on any atom is -0.469 e. The Balaban J connectivity index is 4.71. The molecule has 0 radical (unpaired) electrons. The van der Waals surface area contributed by atoms with Crippen LogP contribution in [0.1, 0.15) is 60.3 Å². The first-order valence-corrected chi connectivity index (χ1v) is 9.02. The SMILES string of the molecule is CCCC[N+](C)(C)CCOC(=O)C(C)(CC)CC(C)(C)C(=O)OC. The molecule has 0 saturated heterocycles. The van der Waals surface area contributed by atoms with Gasteiger partial charge in [-0.1, -0.05) is 20.3 Å². The Morgan fingerprint density at radius 3 is 2.04 bits per heavy atom. The minimum atomic E-state index is -0.713. The zero-order valence-corrected chi connectivity index (χ0v) is 17.0. The second-order valence-electron chi connectivity index (χ2n) is 8.34. The van der Waals surface area contributed by atoms with Crippen molar-refractivity contribution in [2.45, 2.75) is 60.3 Å². The van der Waals surface area contributed by atoms with Gasteiger partial charge >= 0.3 is 11.9 Å². The highest BCUT2D eigenvalue weighted by Gasteiger charge is 2.42. The van der Waals surface area contributed by atoms with Gasteiger partial charge in [0.1, 0.15) is 13.2 Å². The lowest BCUT2D eigenvalue weighted by Gasteiger charge is -2.34. The van der Waals surface area contributed by atoms with Gasteiger partial charge in [0.2, 0.25) is 0 Å². The Hall–Kier alpha value is -1.10. The number of esters is 2. The van der Waals surface area contributed by atoms with Crippen LogP contribution in [0.5, 0.6) is 0 Å². The molecule has 142 valence electrons. The predicted molar refractivity (Wildman–Crippen MR) is 96.5 cm³/mol. The van der Waals surface area contributed by atoms with E-state index in [1.807, 2.05) is 27.7 Å². The summed E-state index contributed by atoms with van der Waals surface area (Å²) in [7, 11) is 5.69. The maximum atomic E-state index is 12.6. The van der Waals surface area contributed by atoms with Crippen molar-refractivity contribution in [3.05, 3.63) is 0 Å². The molecule has 0 saturated carbocycles. The average Bonchev–Trinajstić information content (AvgIpc) is 2.51. The third-order valence-electron chi connectivity index (χ3n) is 4.89. The van der Waals surface area contributed by atoms with Crippen LogP contribution in [0.15, 0.2) is 0 Å². The molecule has 0 N–H and O–H groups in total. The number of carbonyl (C=O) groups excluding carboxylic acids is 2. The molecule has 5 heteroatoms. The third-order valence-corrected chi connectivity index (χ3v) is 4.89. The lowest BCUT2D eigenvalue weighted by Crippen LogP contribution is -2.44. The van der Waals surface area contributed by atoms with E-state index in [4.69, 9.17) is 9.47 Å². The molecule has 0 aliphatic heterocycles. The van der Waals surface area contributed by atoms with E-state index in [1.165, 1.54) is 13.5 Å². The molecule has 0 aromatic heterocycles. The predicted octanol–water partition coefficient (Wildman–Crippen LogP) is 3.41. The van der Waals surface area contributed by atoms with Gasteiger partial charge in [0.05, 0.1) is 38.6 Å². The molecule has 0 spiro atoms. The summed E-state index contributed by atoms with van der Waals surface area (Å²) in [5.41, 5.74) is -1.40. The van der Waals surface area contributed by atoms with E-state index in [2.05, 4.69) is 21.0 Å². The fourth-order valence-electron chi connectivity index (χ4n) is 2.92. The molecule has 0 bridgehead atoms. The minimum absolute atomic E-state index is 0.225. The van der Waals surface area contributed by atoms with Crippen LogP contribution in [0.4, 0.5) is 0 Å². The summed E-state index contributed by atoms with van der Waals surface area (Å²) in [5.74, 6) is -0.523. The van der Waals surface area contributed by atoms with Crippen LogP contribution in [-0.2, 0) is 19.1 Å². The Bertz CT molecular complexity index is 418. The second kappa shape index (κ2) is 9.40. The van der Waals surface area contributed by atoms with E-state index < -0.39 is 10.8 Å². The first-order chi connectivity index (χ1) is 10.9. The van der Waals surface area contributed by atoms with Crippen LogP contribution in [-0.4, -0.2) is 57.3 Å². The molecule has 5 nitrogen and oxygen atoms in total. The molecule has 0 aromatic carbocycles. The molecule has 0 aliphatic carbocycles. The average molecular weight is 345 g/mol. The molecule has 0 amide bonds. The van der Waals surface area contributed by atoms with Gasteiger partial charge in [-0.25, -0.2) is 0 Å². The number of ether oxygens (including phenoxy) is 2. The summed E-state index contributed by atoms with van der Waals surface area (Å²) in [6.07, 6.45) is 3.37. The molecule has 1 atom stereocenters. The van der Waals surface area contributed by atoms with Crippen LogP contribution in [0.3, 0.4) is 0 Å². The summed E-state index contributed by atoms with van der Waals surface area (Å²) < 4.78 is 11.3. The molecular weight excluding hydrogens is 306 g/mol. The number of rotatable bonds is 11. The zero-order valence-electron chi connectivity index (χ0n) is 17.0. The number of hydrogen-bond acceptors (Lipinski definition) is 4. The maximum absolute atomic E-state index is 12.6. The molecular formula is C19H38NO4+. The molecule has 0 aromatic rings. The lowest BCUT2D eigenvalue weighted by atomic mass is 9.72. The van der Waals surface area contributed by atoms with E-state index >= 15 is 0 Å². The van der Waals surface area contributed by atoms with E-state index in [9.17, 15) is 9.59 Å². The summed E-state index contributed by atoms with van der Waals surface area (Å²) in [6, 6.07) is 0. The van der Waals surface area contributed by atoms with Gasteiger partial charge in [-0.15, -0.1) is 0 Å². The van der Waals surface area contributed by atoms with Crippen molar-refractivity contribution >= 4 is 11.9 Å². The van der Waals surface area contributed by atoms with Crippen molar-refractivity contribution in [2.75, 3.05) is 40.9 Å². The Kier molecular flexibility index (Phi) is 8.97. The van der Waals surface area contributed by atoms with E-state index in [-0.39, 0.29) is 11.9 Å². The van der Waals surface area contributed by atoms with Crippen LogP contribution < -0.4 is 0 Å². The van der Waals surface area contributed by atoms with Crippen LogP contribution in [0.25, 0.3) is 0 Å². The number of methoxy groups -OCH3 is 1. The van der Waals surface area contributed by atoms with E-state index in [1.54, 1.807) is 0 Å². The Morgan fingerprint density at radius 2 is 1.58 bits per heavy atom. The molecule has 0 fully saturated rings. The highest BCUT2D eigenvalue weighted by molar-refractivity contribution is 5.80. The quantitative estimate of drug-likeness (QED) is 0.426.